The molecule has 1 heterocycles. The molecule has 3 aromatic rings. The predicted molar refractivity (Wildman–Crippen MR) is 117 cm³/mol. The number of ether oxygens (including phenoxy) is 1. The van der Waals surface area contributed by atoms with Gasteiger partial charge in [0.1, 0.15) is 5.75 Å². The molecule has 0 fully saturated rings. The van der Waals surface area contributed by atoms with Gasteiger partial charge in [0.25, 0.3) is 0 Å². The van der Waals surface area contributed by atoms with Crippen LogP contribution >= 0.6 is 23.6 Å². The summed E-state index contributed by atoms with van der Waals surface area (Å²) in [6.07, 6.45) is 0.969. The van der Waals surface area contributed by atoms with E-state index in [4.69, 9.17) is 17.0 Å². The Morgan fingerprint density at radius 1 is 1.00 bits per heavy atom. The molecular weight excluding hydrogens is 372 g/mol. The van der Waals surface area contributed by atoms with Crippen LogP contribution in [0.1, 0.15) is 16.0 Å². The highest BCUT2D eigenvalue weighted by Gasteiger charge is 2.11. The minimum atomic E-state index is 0.703. The normalized spacial score (nSPS) is 10.4. The molecule has 5 heteroatoms. The number of thiocarbonyl (C=S) groups is 1. The highest BCUT2D eigenvalue weighted by molar-refractivity contribution is 7.80. The van der Waals surface area contributed by atoms with Gasteiger partial charge in [-0.05, 0) is 53.3 Å². The lowest BCUT2D eigenvalue weighted by Crippen LogP contribution is -2.40. The largest absolute Gasteiger partial charge is 0.497 e. The molecule has 0 aliphatic carbocycles. The van der Waals surface area contributed by atoms with Gasteiger partial charge in [0, 0.05) is 18.0 Å². The van der Waals surface area contributed by atoms with Crippen LogP contribution in [-0.2, 0) is 19.5 Å². The van der Waals surface area contributed by atoms with Gasteiger partial charge in [-0.3, -0.25) is 0 Å². The first kappa shape index (κ1) is 19.4. The van der Waals surface area contributed by atoms with E-state index in [-0.39, 0.29) is 0 Å². The fraction of sp³-hybridized carbons (Fsp3) is 0.227. The summed E-state index contributed by atoms with van der Waals surface area (Å²) in [6, 6.07) is 22.8. The monoisotopic (exact) mass is 396 g/mol. The van der Waals surface area contributed by atoms with E-state index in [1.165, 1.54) is 16.0 Å². The molecule has 1 N–H and O–H groups in total. The highest BCUT2D eigenvalue weighted by Crippen LogP contribution is 2.14. The average Bonchev–Trinajstić information content (AvgIpc) is 3.23. The molecule has 0 amide bonds. The van der Waals surface area contributed by atoms with Gasteiger partial charge in [0.15, 0.2) is 5.11 Å². The molecule has 0 aliphatic rings. The molecule has 0 atom stereocenters. The molecule has 3 nitrogen and oxygen atoms in total. The van der Waals surface area contributed by atoms with Gasteiger partial charge in [-0.2, -0.15) is 0 Å². The number of thiophene rings is 1. The smallest absolute Gasteiger partial charge is 0.169 e. The molecule has 0 aliphatic heterocycles. The van der Waals surface area contributed by atoms with Crippen LogP contribution in [-0.4, -0.2) is 23.7 Å². The first-order chi connectivity index (χ1) is 13.2. The summed E-state index contributed by atoms with van der Waals surface area (Å²) in [5.74, 6) is 0.864. The van der Waals surface area contributed by atoms with Gasteiger partial charge in [-0.15, -0.1) is 11.3 Å². The Hall–Kier alpha value is -2.37. The lowest BCUT2D eigenvalue weighted by Gasteiger charge is -2.25. The molecule has 3 rings (SSSR count). The van der Waals surface area contributed by atoms with Gasteiger partial charge in [0.2, 0.25) is 0 Å². The first-order valence-electron chi connectivity index (χ1n) is 8.96. The zero-order valence-electron chi connectivity index (χ0n) is 15.4. The quantitative estimate of drug-likeness (QED) is 0.549. The molecule has 0 spiro atoms. The molecule has 0 saturated heterocycles. The molecule has 2 aromatic carbocycles. The van der Waals surface area contributed by atoms with Gasteiger partial charge < -0.3 is 15.0 Å². The third-order valence-corrected chi connectivity index (χ3v) is 5.59. The fourth-order valence-corrected chi connectivity index (χ4v) is 3.73. The van der Waals surface area contributed by atoms with Crippen LogP contribution in [0.2, 0.25) is 0 Å². The van der Waals surface area contributed by atoms with Crippen molar-refractivity contribution in [1.82, 2.24) is 10.2 Å². The number of nitrogens with zero attached hydrogens (tertiary/aromatic N) is 1. The number of methoxy groups -OCH3 is 1. The number of nitrogens with one attached hydrogen (secondary N) is 1. The molecule has 0 saturated carbocycles. The Bertz CT molecular complexity index is 817. The standard InChI is InChI=1S/C22H24N2OS2/c1-25-20-11-9-19(10-12-20)16-23-22(26)24(17-21-8-5-15-27-21)14-13-18-6-3-2-4-7-18/h2-12,15H,13-14,16-17H2,1H3,(H,23,26). The van der Waals surface area contributed by atoms with E-state index in [2.05, 4.69) is 64.1 Å². The second-order valence-corrected chi connectivity index (χ2v) is 7.66. The summed E-state index contributed by atoms with van der Waals surface area (Å²) in [5, 5.41) is 6.30. The van der Waals surface area contributed by atoms with E-state index in [1.54, 1.807) is 18.4 Å². The molecule has 0 bridgehead atoms. The number of rotatable bonds is 8. The minimum Gasteiger partial charge on any atom is -0.497 e. The van der Waals surface area contributed by atoms with Crippen molar-refractivity contribution in [1.29, 1.82) is 0 Å². The maximum Gasteiger partial charge on any atom is 0.169 e. The van der Waals surface area contributed by atoms with E-state index in [1.807, 2.05) is 18.2 Å². The Morgan fingerprint density at radius 3 is 2.44 bits per heavy atom. The zero-order chi connectivity index (χ0) is 18.9. The third kappa shape index (κ3) is 6.08. The van der Waals surface area contributed by atoms with Crippen molar-refractivity contribution < 1.29 is 4.74 Å². The first-order valence-corrected chi connectivity index (χ1v) is 10.3. The molecule has 27 heavy (non-hydrogen) atoms. The predicted octanol–water partition coefficient (Wildman–Crippen LogP) is 4.88. The topological polar surface area (TPSA) is 24.5 Å². The van der Waals surface area contributed by atoms with Crippen LogP contribution in [0.4, 0.5) is 0 Å². The van der Waals surface area contributed by atoms with Crippen LogP contribution in [0.3, 0.4) is 0 Å². The van der Waals surface area contributed by atoms with E-state index in [0.717, 1.165) is 30.4 Å². The summed E-state index contributed by atoms with van der Waals surface area (Å²) in [5.41, 5.74) is 2.50. The Balaban J connectivity index is 1.60. The Labute approximate surface area is 170 Å². The van der Waals surface area contributed by atoms with Gasteiger partial charge >= 0.3 is 0 Å². The third-order valence-electron chi connectivity index (χ3n) is 4.33. The second kappa shape index (κ2) is 10.1. The zero-order valence-corrected chi connectivity index (χ0v) is 17.1. The van der Waals surface area contributed by atoms with Gasteiger partial charge in [-0.1, -0.05) is 48.5 Å². The van der Waals surface area contributed by atoms with Crippen molar-refractivity contribution in [3.8, 4) is 5.75 Å². The Kier molecular flexibility index (Phi) is 7.25. The molecule has 0 unspecified atom stereocenters. The summed E-state index contributed by atoms with van der Waals surface area (Å²) in [6.45, 7) is 2.42. The lowest BCUT2D eigenvalue weighted by atomic mass is 10.1. The molecule has 140 valence electrons. The maximum absolute atomic E-state index is 5.71. The summed E-state index contributed by atoms with van der Waals surface area (Å²) in [4.78, 5) is 3.56. The van der Waals surface area contributed by atoms with Crippen LogP contribution in [0.15, 0.2) is 72.1 Å². The highest BCUT2D eigenvalue weighted by atomic mass is 32.1. The summed E-state index contributed by atoms with van der Waals surface area (Å²) >= 11 is 7.47. The minimum absolute atomic E-state index is 0.703. The van der Waals surface area contributed by atoms with Crippen molar-refractivity contribution in [2.45, 2.75) is 19.5 Å². The maximum atomic E-state index is 5.71. The number of hydrogen-bond acceptors (Lipinski definition) is 3. The van der Waals surface area contributed by atoms with Gasteiger partial charge in [0.05, 0.1) is 13.7 Å². The lowest BCUT2D eigenvalue weighted by molar-refractivity contribution is 0.412. The Morgan fingerprint density at radius 2 is 1.78 bits per heavy atom. The second-order valence-electron chi connectivity index (χ2n) is 6.24. The summed E-state index contributed by atoms with van der Waals surface area (Å²) in [7, 11) is 1.68. The van der Waals surface area contributed by atoms with E-state index >= 15 is 0 Å². The van der Waals surface area contributed by atoms with Gasteiger partial charge in [-0.25, -0.2) is 0 Å². The van der Waals surface area contributed by atoms with Crippen molar-refractivity contribution in [3.05, 3.63) is 88.1 Å². The van der Waals surface area contributed by atoms with Crippen molar-refractivity contribution in [2.75, 3.05) is 13.7 Å². The van der Waals surface area contributed by atoms with Crippen LogP contribution in [0, 0.1) is 0 Å². The number of hydrogen-bond donors (Lipinski definition) is 1. The van der Waals surface area contributed by atoms with E-state index in [9.17, 15) is 0 Å². The SMILES string of the molecule is COc1ccc(CNC(=S)N(CCc2ccccc2)Cc2cccs2)cc1. The number of benzene rings is 2. The van der Waals surface area contributed by atoms with Crippen molar-refractivity contribution in [3.63, 3.8) is 0 Å². The van der Waals surface area contributed by atoms with Crippen LogP contribution < -0.4 is 10.1 Å². The van der Waals surface area contributed by atoms with Crippen molar-refractivity contribution in [2.24, 2.45) is 0 Å². The molecule has 1 aromatic heterocycles. The van der Waals surface area contributed by atoms with Crippen LogP contribution in [0.25, 0.3) is 0 Å². The van der Waals surface area contributed by atoms with E-state index in [0.29, 0.717) is 6.54 Å². The molecular formula is C22H24N2OS2. The van der Waals surface area contributed by atoms with Crippen LogP contribution in [0.5, 0.6) is 5.75 Å². The fourth-order valence-electron chi connectivity index (χ4n) is 2.78. The average molecular weight is 397 g/mol. The molecule has 0 radical (unpaired) electrons. The van der Waals surface area contributed by atoms with Crippen molar-refractivity contribution >= 4 is 28.7 Å². The summed E-state index contributed by atoms with van der Waals surface area (Å²) < 4.78 is 5.21. The van der Waals surface area contributed by atoms with E-state index < -0.39 is 0 Å².